The summed E-state index contributed by atoms with van der Waals surface area (Å²) in [6, 6.07) is 10.3. The third-order valence-corrected chi connectivity index (χ3v) is 2.78. The SMILES string of the molecule is Cc1ccncc1-c1ccccc1C(C)N. The van der Waals surface area contributed by atoms with Gasteiger partial charge in [-0.25, -0.2) is 0 Å². The van der Waals surface area contributed by atoms with Crippen molar-refractivity contribution in [1.82, 2.24) is 4.98 Å². The molecular weight excluding hydrogens is 196 g/mol. The number of nitrogens with two attached hydrogens (primary N) is 1. The Kier molecular flexibility index (Phi) is 3.02. The summed E-state index contributed by atoms with van der Waals surface area (Å²) in [7, 11) is 0. The Bertz CT molecular complexity index is 490. The Labute approximate surface area is 96.1 Å². The van der Waals surface area contributed by atoms with Gasteiger partial charge in [0.25, 0.3) is 0 Å². The second-order valence-corrected chi connectivity index (χ2v) is 4.07. The van der Waals surface area contributed by atoms with E-state index in [1.165, 1.54) is 16.7 Å². The van der Waals surface area contributed by atoms with E-state index in [0.29, 0.717) is 0 Å². The number of rotatable bonds is 2. The maximum Gasteiger partial charge on any atom is 0.0349 e. The molecule has 2 rings (SSSR count). The summed E-state index contributed by atoms with van der Waals surface area (Å²) in [5, 5.41) is 0. The normalized spacial score (nSPS) is 12.4. The zero-order valence-electron chi connectivity index (χ0n) is 9.64. The molecule has 16 heavy (non-hydrogen) atoms. The Balaban J connectivity index is 2.60. The van der Waals surface area contributed by atoms with Crippen molar-refractivity contribution in [2.45, 2.75) is 19.9 Å². The molecule has 1 aromatic carbocycles. The lowest BCUT2D eigenvalue weighted by Crippen LogP contribution is -2.06. The van der Waals surface area contributed by atoms with Crippen LogP contribution in [0.25, 0.3) is 11.1 Å². The number of pyridine rings is 1. The fourth-order valence-electron chi connectivity index (χ4n) is 1.89. The molecule has 1 atom stereocenters. The van der Waals surface area contributed by atoms with Crippen LogP contribution in [0.5, 0.6) is 0 Å². The van der Waals surface area contributed by atoms with E-state index in [-0.39, 0.29) is 6.04 Å². The molecule has 0 aliphatic carbocycles. The summed E-state index contributed by atoms with van der Waals surface area (Å²) < 4.78 is 0. The van der Waals surface area contributed by atoms with Crippen molar-refractivity contribution >= 4 is 0 Å². The molecule has 2 N–H and O–H groups in total. The molecule has 0 aliphatic rings. The van der Waals surface area contributed by atoms with E-state index < -0.39 is 0 Å². The molecule has 2 aromatic rings. The quantitative estimate of drug-likeness (QED) is 0.830. The minimum absolute atomic E-state index is 0.0378. The van der Waals surface area contributed by atoms with Gasteiger partial charge in [-0.1, -0.05) is 24.3 Å². The fourth-order valence-corrected chi connectivity index (χ4v) is 1.89. The second kappa shape index (κ2) is 4.45. The van der Waals surface area contributed by atoms with Gasteiger partial charge in [0.2, 0.25) is 0 Å². The average Bonchev–Trinajstić information content (AvgIpc) is 2.29. The van der Waals surface area contributed by atoms with Gasteiger partial charge >= 0.3 is 0 Å². The largest absolute Gasteiger partial charge is 0.324 e. The number of aryl methyl sites for hydroxylation is 1. The molecule has 0 aliphatic heterocycles. The molecule has 0 saturated heterocycles. The summed E-state index contributed by atoms with van der Waals surface area (Å²) in [5.41, 5.74) is 10.7. The zero-order valence-corrected chi connectivity index (χ0v) is 9.64. The molecule has 1 unspecified atom stereocenters. The van der Waals surface area contributed by atoms with Crippen LogP contribution in [0.1, 0.15) is 24.1 Å². The third kappa shape index (κ3) is 1.97. The molecule has 1 aromatic heterocycles. The predicted octanol–water partition coefficient (Wildman–Crippen LogP) is 3.08. The van der Waals surface area contributed by atoms with Crippen molar-refractivity contribution in [1.29, 1.82) is 0 Å². The van der Waals surface area contributed by atoms with Crippen LogP contribution in [-0.2, 0) is 0 Å². The molecule has 0 amide bonds. The van der Waals surface area contributed by atoms with Crippen molar-refractivity contribution < 1.29 is 0 Å². The highest BCUT2D eigenvalue weighted by atomic mass is 14.6. The van der Waals surface area contributed by atoms with E-state index in [9.17, 15) is 0 Å². The van der Waals surface area contributed by atoms with Gasteiger partial charge in [0, 0.05) is 24.0 Å². The van der Waals surface area contributed by atoms with Gasteiger partial charge < -0.3 is 5.73 Å². The van der Waals surface area contributed by atoms with Crippen LogP contribution < -0.4 is 5.73 Å². The Morgan fingerprint density at radius 1 is 1.12 bits per heavy atom. The zero-order chi connectivity index (χ0) is 11.5. The number of benzene rings is 1. The van der Waals surface area contributed by atoms with E-state index in [0.717, 1.165) is 5.56 Å². The molecule has 0 spiro atoms. The Hall–Kier alpha value is -1.67. The van der Waals surface area contributed by atoms with Crippen molar-refractivity contribution in [2.75, 3.05) is 0 Å². The first-order valence-corrected chi connectivity index (χ1v) is 5.45. The lowest BCUT2D eigenvalue weighted by atomic mass is 9.94. The number of hydrogen-bond acceptors (Lipinski definition) is 2. The van der Waals surface area contributed by atoms with E-state index >= 15 is 0 Å². The summed E-state index contributed by atoms with van der Waals surface area (Å²) >= 11 is 0. The van der Waals surface area contributed by atoms with Crippen LogP contribution in [-0.4, -0.2) is 4.98 Å². The molecule has 0 radical (unpaired) electrons. The molecule has 2 nitrogen and oxygen atoms in total. The van der Waals surface area contributed by atoms with Crippen LogP contribution in [0.2, 0.25) is 0 Å². The Morgan fingerprint density at radius 2 is 1.88 bits per heavy atom. The number of hydrogen-bond donors (Lipinski definition) is 1. The van der Waals surface area contributed by atoms with E-state index in [1.807, 2.05) is 37.5 Å². The third-order valence-electron chi connectivity index (χ3n) is 2.78. The van der Waals surface area contributed by atoms with Gasteiger partial charge in [0.15, 0.2) is 0 Å². The van der Waals surface area contributed by atoms with Crippen LogP contribution in [0, 0.1) is 6.92 Å². The van der Waals surface area contributed by atoms with Gasteiger partial charge in [0.1, 0.15) is 0 Å². The highest BCUT2D eigenvalue weighted by Crippen LogP contribution is 2.28. The number of nitrogens with zero attached hydrogens (tertiary/aromatic N) is 1. The summed E-state index contributed by atoms with van der Waals surface area (Å²) in [6.07, 6.45) is 3.71. The Morgan fingerprint density at radius 3 is 2.56 bits per heavy atom. The fraction of sp³-hybridized carbons (Fsp3) is 0.214. The summed E-state index contributed by atoms with van der Waals surface area (Å²) in [6.45, 7) is 4.10. The molecule has 0 bridgehead atoms. The molecular formula is C14H16N2. The van der Waals surface area contributed by atoms with Crippen molar-refractivity contribution in [3.05, 3.63) is 53.9 Å². The monoisotopic (exact) mass is 212 g/mol. The maximum absolute atomic E-state index is 5.98. The highest BCUT2D eigenvalue weighted by Gasteiger charge is 2.09. The van der Waals surface area contributed by atoms with Gasteiger partial charge in [-0.15, -0.1) is 0 Å². The maximum atomic E-state index is 5.98. The van der Waals surface area contributed by atoms with Gasteiger partial charge in [-0.3, -0.25) is 4.98 Å². The topological polar surface area (TPSA) is 38.9 Å². The molecule has 1 heterocycles. The molecule has 2 heteroatoms. The average molecular weight is 212 g/mol. The van der Waals surface area contributed by atoms with Gasteiger partial charge in [-0.05, 0) is 36.6 Å². The van der Waals surface area contributed by atoms with Crippen molar-refractivity contribution in [3.8, 4) is 11.1 Å². The second-order valence-electron chi connectivity index (χ2n) is 4.07. The number of aromatic nitrogens is 1. The van der Waals surface area contributed by atoms with Gasteiger partial charge in [-0.2, -0.15) is 0 Å². The van der Waals surface area contributed by atoms with Crippen LogP contribution in [0.4, 0.5) is 0 Å². The van der Waals surface area contributed by atoms with Crippen molar-refractivity contribution in [2.24, 2.45) is 5.73 Å². The smallest absolute Gasteiger partial charge is 0.0349 e. The molecule has 0 fully saturated rings. The first-order valence-electron chi connectivity index (χ1n) is 5.45. The summed E-state index contributed by atoms with van der Waals surface area (Å²) in [5.74, 6) is 0. The highest BCUT2D eigenvalue weighted by molar-refractivity contribution is 5.70. The van der Waals surface area contributed by atoms with Crippen LogP contribution >= 0.6 is 0 Å². The molecule has 82 valence electrons. The predicted molar refractivity (Wildman–Crippen MR) is 67.0 cm³/mol. The van der Waals surface area contributed by atoms with E-state index in [4.69, 9.17) is 5.73 Å². The van der Waals surface area contributed by atoms with Crippen LogP contribution in [0.3, 0.4) is 0 Å². The molecule has 0 saturated carbocycles. The first-order chi connectivity index (χ1) is 7.70. The van der Waals surface area contributed by atoms with Crippen molar-refractivity contribution in [3.63, 3.8) is 0 Å². The lowest BCUT2D eigenvalue weighted by Gasteiger charge is -2.13. The minimum atomic E-state index is 0.0378. The van der Waals surface area contributed by atoms with E-state index in [2.05, 4.69) is 24.0 Å². The van der Waals surface area contributed by atoms with E-state index in [1.54, 1.807) is 0 Å². The standard InChI is InChI=1S/C14H16N2/c1-10-7-8-16-9-14(10)13-6-4-3-5-12(13)11(2)15/h3-9,11H,15H2,1-2H3. The summed E-state index contributed by atoms with van der Waals surface area (Å²) in [4.78, 5) is 4.18. The first kappa shape index (κ1) is 10.8. The van der Waals surface area contributed by atoms with Crippen LogP contribution in [0.15, 0.2) is 42.7 Å². The lowest BCUT2D eigenvalue weighted by molar-refractivity contribution is 0.820. The van der Waals surface area contributed by atoms with Gasteiger partial charge in [0.05, 0.1) is 0 Å². The minimum Gasteiger partial charge on any atom is -0.324 e.